The van der Waals surface area contributed by atoms with Crippen molar-refractivity contribution < 1.29 is 9.00 Å². The minimum atomic E-state index is -1.07. The van der Waals surface area contributed by atoms with Crippen molar-refractivity contribution in [2.75, 3.05) is 18.1 Å². The van der Waals surface area contributed by atoms with E-state index in [1.807, 2.05) is 42.1 Å². The summed E-state index contributed by atoms with van der Waals surface area (Å²) >= 11 is 3.46. The van der Waals surface area contributed by atoms with Gasteiger partial charge in [0.2, 0.25) is 5.91 Å². The largest absolute Gasteiger partial charge is 0.280 e. The van der Waals surface area contributed by atoms with Crippen molar-refractivity contribution in [2.24, 2.45) is 0 Å². The highest BCUT2D eigenvalue weighted by Crippen LogP contribution is 2.39. The summed E-state index contributed by atoms with van der Waals surface area (Å²) in [4.78, 5) is 12.9. The van der Waals surface area contributed by atoms with Gasteiger partial charge in [-0.05, 0) is 38.5 Å². The zero-order valence-corrected chi connectivity index (χ0v) is 14.0. The number of carbonyl (C=O) groups is 1. The van der Waals surface area contributed by atoms with Crippen molar-refractivity contribution in [3.05, 3.63) is 22.7 Å². The Kier molecular flexibility index (Phi) is 3.41. The highest BCUT2D eigenvalue weighted by Gasteiger charge is 2.41. The van der Waals surface area contributed by atoms with Crippen molar-refractivity contribution in [3.63, 3.8) is 0 Å². The van der Waals surface area contributed by atoms with Crippen molar-refractivity contribution >= 4 is 38.3 Å². The van der Waals surface area contributed by atoms with Gasteiger partial charge in [-0.15, -0.1) is 0 Å². The number of carbonyl (C=O) groups excluding carboxylic acids is 1. The van der Waals surface area contributed by atoms with Crippen LogP contribution >= 0.6 is 15.9 Å². The van der Waals surface area contributed by atoms with Gasteiger partial charge in [0, 0.05) is 17.4 Å². The second-order valence-electron chi connectivity index (χ2n) is 5.82. The fourth-order valence-corrected chi connectivity index (χ4v) is 4.49. The maximum Gasteiger partial charge on any atom is 0.241 e. The number of nitrogens with zero attached hydrogens (tertiary/aromatic N) is 2. The van der Waals surface area contributed by atoms with Crippen LogP contribution in [0, 0.1) is 0 Å². The average Bonchev–Trinajstić information content (AvgIpc) is 2.80. The lowest BCUT2D eigenvalue weighted by atomic mass is 10.2. The normalized spacial score (nSPS) is 24.9. The van der Waals surface area contributed by atoms with Gasteiger partial charge in [0.25, 0.3) is 0 Å². The van der Waals surface area contributed by atoms with Crippen LogP contribution < -0.4 is 5.01 Å². The third-order valence-electron chi connectivity index (χ3n) is 3.77. The smallest absolute Gasteiger partial charge is 0.241 e. The van der Waals surface area contributed by atoms with Gasteiger partial charge in [-0.25, -0.2) is 0 Å². The number of hydrazine groups is 1. The molecule has 0 N–H and O–H groups in total. The molecule has 2 aliphatic rings. The first-order chi connectivity index (χ1) is 9.40. The number of amides is 1. The summed E-state index contributed by atoms with van der Waals surface area (Å²) in [6, 6.07) is 5.75. The quantitative estimate of drug-likeness (QED) is 0.776. The molecule has 0 bridgehead atoms. The number of halogens is 1. The molecular weight excluding hydrogens is 340 g/mol. The van der Waals surface area contributed by atoms with Gasteiger partial charge in [-0.2, -0.15) is 0 Å². The van der Waals surface area contributed by atoms with Gasteiger partial charge in [0.1, 0.15) is 0 Å². The lowest BCUT2D eigenvalue weighted by molar-refractivity contribution is -0.128. The topological polar surface area (TPSA) is 40.6 Å². The molecule has 1 aromatic rings. The van der Waals surface area contributed by atoms with E-state index in [-0.39, 0.29) is 10.7 Å². The van der Waals surface area contributed by atoms with E-state index < -0.39 is 10.8 Å². The molecule has 0 spiro atoms. The van der Waals surface area contributed by atoms with E-state index in [4.69, 9.17) is 0 Å². The molecule has 0 aromatic heterocycles. The Balaban J connectivity index is 2.11. The fraction of sp³-hybridized carbons (Fsp3) is 0.500. The Labute approximate surface area is 129 Å². The summed E-state index contributed by atoms with van der Waals surface area (Å²) in [6.07, 6.45) is 1.49. The number of benzene rings is 1. The van der Waals surface area contributed by atoms with Gasteiger partial charge in [-0.3, -0.25) is 19.0 Å². The van der Waals surface area contributed by atoms with Crippen molar-refractivity contribution in [3.8, 4) is 0 Å². The second kappa shape index (κ2) is 4.84. The first-order valence-electron chi connectivity index (χ1n) is 6.69. The first-order valence-corrected chi connectivity index (χ1v) is 8.64. The molecule has 20 heavy (non-hydrogen) atoms. The summed E-state index contributed by atoms with van der Waals surface area (Å²) in [7, 11) is -1.07. The molecule has 108 valence electrons. The van der Waals surface area contributed by atoms with E-state index in [0.717, 1.165) is 28.0 Å². The maximum atomic E-state index is 12.7. The molecule has 6 heteroatoms. The van der Waals surface area contributed by atoms with Crippen molar-refractivity contribution in [1.29, 1.82) is 0 Å². The van der Waals surface area contributed by atoms with Crippen molar-refractivity contribution in [1.82, 2.24) is 5.01 Å². The Hall–Kier alpha value is -0.880. The van der Waals surface area contributed by atoms with Gasteiger partial charge in [0.05, 0.1) is 32.7 Å². The Morgan fingerprint density at radius 3 is 2.70 bits per heavy atom. The molecule has 0 aliphatic carbocycles. The van der Waals surface area contributed by atoms with Gasteiger partial charge >= 0.3 is 0 Å². The van der Waals surface area contributed by atoms with Crippen LogP contribution in [-0.4, -0.2) is 33.0 Å². The monoisotopic (exact) mass is 356 g/mol. The molecule has 1 atom stereocenters. The van der Waals surface area contributed by atoms with Crippen LogP contribution in [-0.2, 0) is 15.6 Å². The van der Waals surface area contributed by atoms with Crippen LogP contribution in [0.15, 0.2) is 27.6 Å². The van der Waals surface area contributed by atoms with E-state index in [1.54, 1.807) is 0 Å². The zero-order chi connectivity index (χ0) is 14.5. The predicted octanol–water partition coefficient (Wildman–Crippen LogP) is 2.69. The molecule has 1 aromatic carbocycles. The minimum absolute atomic E-state index is 0.152. The molecule has 1 fully saturated rings. The Morgan fingerprint density at radius 2 is 2.05 bits per heavy atom. The zero-order valence-electron chi connectivity index (χ0n) is 11.6. The van der Waals surface area contributed by atoms with Crippen LogP contribution in [0.25, 0.3) is 0 Å². The molecule has 2 aliphatic heterocycles. The molecule has 0 saturated carbocycles. The van der Waals surface area contributed by atoms with E-state index in [2.05, 4.69) is 15.9 Å². The van der Waals surface area contributed by atoms with Crippen LogP contribution in [0.1, 0.15) is 26.7 Å². The predicted molar refractivity (Wildman–Crippen MR) is 82.9 cm³/mol. The molecule has 1 saturated heterocycles. The molecule has 2 heterocycles. The molecule has 3 rings (SSSR count). The standard InChI is InChI=1S/C14H17BrN2O2S/c1-14(2)9-17(16-7-3-4-13(16)18)11-8-10(15)5-6-12(11)20(14)19/h5-6,8H,3-4,7,9H2,1-2H3. The minimum Gasteiger partial charge on any atom is -0.280 e. The maximum absolute atomic E-state index is 12.7. The molecule has 1 unspecified atom stereocenters. The van der Waals surface area contributed by atoms with Gasteiger partial charge in [0.15, 0.2) is 0 Å². The van der Waals surface area contributed by atoms with Crippen LogP contribution in [0.5, 0.6) is 0 Å². The second-order valence-corrected chi connectivity index (χ2v) is 8.82. The van der Waals surface area contributed by atoms with Crippen LogP contribution in [0.2, 0.25) is 0 Å². The summed E-state index contributed by atoms with van der Waals surface area (Å²) in [6.45, 7) is 5.31. The lowest BCUT2D eigenvalue weighted by Gasteiger charge is -2.43. The summed E-state index contributed by atoms with van der Waals surface area (Å²) in [5.74, 6) is 0.152. The summed E-state index contributed by atoms with van der Waals surface area (Å²) in [5.41, 5.74) is 0.882. The number of hydrogen-bond donors (Lipinski definition) is 0. The van der Waals surface area contributed by atoms with Crippen LogP contribution in [0.4, 0.5) is 5.69 Å². The van der Waals surface area contributed by atoms with Crippen LogP contribution in [0.3, 0.4) is 0 Å². The van der Waals surface area contributed by atoms with E-state index in [9.17, 15) is 9.00 Å². The molecular formula is C14H17BrN2O2S. The van der Waals surface area contributed by atoms with Gasteiger partial charge in [-0.1, -0.05) is 15.9 Å². The van der Waals surface area contributed by atoms with Gasteiger partial charge < -0.3 is 0 Å². The average molecular weight is 357 g/mol. The Bertz CT molecular complexity index is 603. The van der Waals surface area contributed by atoms with E-state index >= 15 is 0 Å². The third kappa shape index (κ3) is 2.19. The highest BCUT2D eigenvalue weighted by atomic mass is 79.9. The number of hydrogen-bond acceptors (Lipinski definition) is 3. The third-order valence-corrected chi connectivity index (χ3v) is 6.14. The summed E-state index contributed by atoms with van der Waals surface area (Å²) in [5, 5.41) is 3.82. The Morgan fingerprint density at radius 1 is 1.30 bits per heavy atom. The van der Waals surface area contributed by atoms with E-state index in [0.29, 0.717) is 13.0 Å². The SMILES string of the molecule is CC1(C)CN(N2CCCC2=O)c2cc(Br)ccc2S1=O. The molecule has 0 radical (unpaired) electrons. The number of fused-ring (bicyclic) bond motifs is 1. The van der Waals surface area contributed by atoms with E-state index in [1.165, 1.54) is 0 Å². The fourth-order valence-electron chi connectivity index (χ4n) is 2.76. The highest BCUT2D eigenvalue weighted by molar-refractivity contribution is 9.10. The first kappa shape index (κ1) is 14.1. The molecule has 4 nitrogen and oxygen atoms in total. The summed E-state index contributed by atoms with van der Waals surface area (Å²) < 4.78 is 13.2. The number of anilines is 1. The molecule has 1 amide bonds. The van der Waals surface area contributed by atoms with Crippen molar-refractivity contribution in [2.45, 2.75) is 36.3 Å². The lowest BCUT2D eigenvalue weighted by Crippen LogP contribution is -2.54. The number of rotatable bonds is 1.